The second-order valence-corrected chi connectivity index (χ2v) is 5.82. The van der Waals surface area contributed by atoms with E-state index in [0.29, 0.717) is 12.0 Å². The Morgan fingerprint density at radius 1 is 1.33 bits per heavy atom. The van der Waals surface area contributed by atoms with Gasteiger partial charge in [-0.05, 0) is 44.7 Å². The van der Waals surface area contributed by atoms with E-state index in [0.717, 1.165) is 38.9 Å². The van der Waals surface area contributed by atoms with Crippen LogP contribution in [0.2, 0.25) is 0 Å². The zero-order chi connectivity index (χ0) is 13.0. The third kappa shape index (κ3) is 3.45. The van der Waals surface area contributed by atoms with Crippen LogP contribution in [0.5, 0.6) is 0 Å². The van der Waals surface area contributed by atoms with Crippen LogP contribution < -0.4 is 10.6 Å². The fraction of sp³-hybridized carbons (Fsp3) is 0.929. The molecule has 2 saturated heterocycles. The highest BCUT2D eigenvalue weighted by Gasteiger charge is 2.31. The van der Waals surface area contributed by atoms with Crippen molar-refractivity contribution in [1.29, 1.82) is 0 Å². The summed E-state index contributed by atoms with van der Waals surface area (Å²) in [6.45, 7) is 8.82. The van der Waals surface area contributed by atoms with Crippen molar-refractivity contribution >= 4 is 5.91 Å². The number of hydrogen-bond acceptors (Lipinski definition) is 3. The van der Waals surface area contributed by atoms with Crippen molar-refractivity contribution in [2.45, 2.75) is 51.6 Å². The first-order chi connectivity index (χ1) is 8.70. The summed E-state index contributed by atoms with van der Waals surface area (Å²) >= 11 is 0. The summed E-state index contributed by atoms with van der Waals surface area (Å²) in [4.78, 5) is 14.6. The van der Waals surface area contributed by atoms with E-state index in [4.69, 9.17) is 0 Å². The Hall–Kier alpha value is -0.610. The maximum absolute atomic E-state index is 12.1. The van der Waals surface area contributed by atoms with Gasteiger partial charge >= 0.3 is 0 Å². The highest BCUT2D eigenvalue weighted by Crippen LogP contribution is 2.16. The zero-order valence-electron chi connectivity index (χ0n) is 11.7. The van der Waals surface area contributed by atoms with Gasteiger partial charge in [0.2, 0.25) is 5.91 Å². The maximum Gasteiger partial charge on any atom is 0.237 e. The summed E-state index contributed by atoms with van der Waals surface area (Å²) in [5, 5.41) is 6.53. The molecule has 1 amide bonds. The normalized spacial score (nSPS) is 30.6. The van der Waals surface area contributed by atoms with Crippen molar-refractivity contribution < 1.29 is 4.79 Å². The fourth-order valence-corrected chi connectivity index (χ4v) is 3.09. The third-order valence-electron chi connectivity index (χ3n) is 4.29. The lowest BCUT2D eigenvalue weighted by molar-refractivity contribution is -0.124. The summed E-state index contributed by atoms with van der Waals surface area (Å²) in [5.74, 6) is 0.694. The molecule has 2 rings (SSSR count). The number of carbonyl (C=O) groups is 1. The standard InChI is InChI=1S/C14H27N3O/c1-3-8-17-9-5-12(6-10-17)16-14(18)13-11(2)4-7-15-13/h11-13,15H,3-10H2,1-2H3,(H,16,18). The molecule has 0 radical (unpaired) electrons. The van der Waals surface area contributed by atoms with Gasteiger partial charge in [0.25, 0.3) is 0 Å². The molecule has 4 heteroatoms. The highest BCUT2D eigenvalue weighted by atomic mass is 16.2. The predicted octanol–water partition coefficient (Wildman–Crippen LogP) is 0.975. The molecule has 4 nitrogen and oxygen atoms in total. The van der Waals surface area contributed by atoms with Gasteiger partial charge < -0.3 is 15.5 Å². The van der Waals surface area contributed by atoms with Crippen LogP contribution in [0.3, 0.4) is 0 Å². The SMILES string of the molecule is CCCN1CCC(NC(=O)C2NCCC2C)CC1. The van der Waals surface area contributed by atoms with E-state index < -0.39 is 0 Å². The summed E-state index contributed by atoms with van der Waals surface area (Å²) in [5.41, 5.74) is 0. The molecule has 18 heavy (non-hydrogen) atoms. The zero-order valence-corrected chi connectivity index (χ0v) is 11.7. The van der Waals surface area contributed by atoms with Crippen molar-refractivity contribution in [1.82, 2.24) is 15.5 Å². The number of likely N-dealkylation sites (tertiary alicyclic amines) is 1. The highest BCUT2D eigenvalue weighted by molar-refractivity contribution is 5.82. The molecule has 2 aliphatic heterocycles. The van der Waals surface area contributed by atoms with E-state index in [9.17, 15) is 4.79 Å². The van der Waals surface area contributed by atoms with Gasteiger partial charge in [-0.2, -0.15) is 0 Å². The van der Waals surface area contributed by atoms with Gasteiger partial charge in [-0.15, -0.1) is 0 Å². The van der Waals surface area contributed by atoms with E-state index >= 15 is 0 Å². The van der Waals surface area contributed by atoms with Gasteiger partial charge in [-0.25, -0.2) is 0 Å². The van der Waals surface area contributed by atoms with Crippen LogP contribution >= 0.6 is 0 Å². The van der Waals surface area contributed by atoms with Gasteiger partial charge in [-0.3, -0.25) is 4.79 Å². The molecule has 0 spiro atoms. The molecule has 0 bridgehead atoms. The quantitative estimate of drug-likeness (QED) is 0.785. The molecule has 0 aromatic heterocycles. The molecule has 0 saturated carbocycles. The van der Waals surface area contributed by atoms with Gasteiger partial charge in [0.1, 0.15) is 0 Å². The number of nitrogens with one attached hydrogen (secondary N) is 2. The van der Waals surface area contributed by atoms with Gasteiger partial charge in [0, 0.05) is 19.1 Å². The first-order valence-electron chi connectivity index (χ1n) is 7.46. The van der Waals surface area contributed by atoms with Crippen LogP contribution in [0.15, 0.2) is 0 Å². The van der Waals surface area contributed by atoms with Crippen LogP contribution in [0.4, 0.5) is 0 Å². The Balaban J connectivity index is 1.72. The summed E-state index contributed by atoms with van der Waals surface area (Å²) in [6, 6.07) is 0.430. The molecule has 2 unspecified atom stereocenters. The molecule has 2 atom stereocenters. The Morgan fingerprint density at radius 2 is 2.06 bits per heavy atom. The number of hydrogen-bond donors (Lipinski definition) is 2. The average Bonchev–Trinajstić information content (AvgIpc) is 2.78. The number of nitrogens with zero attached hydrogens (tertiary/aromatic N) is 1. The molecule has 0 aromatic carbocycles. The molecular formula is C14H27N3O. The lowest BCUT2D eigenvalue weighted by Gasteiger charge is -2.32. The van der Waals surface area contributed by atoms with Crippen molar-refractivity contribution in [3.8, 4) is 0 Å². The van der Waals surface area contributed by atoms with Crippen LogP contribution in [0.1, 0.15) is 39.5 Å². The summed E-state index contributed by atoms with van der Waals surface area (Å²) < 4.78 is 0. The average molecular weight is 253 g/mol. The maximum atomic E-state index is 12.1. The Labute approximate surface area is 110 Å². The second-order valence-electron chi connectivity index (χ2n) is 5.82. The number of piperidine rings is 1. The van der Waals surface area contributed by atoms with Gasteiger partial charge in [-0.1, -0.05) is 13.8 Å². The van der Waals surface area contributed by atoms with E-state index in [1.165, 1.54) is 13.0 Å². The summed E-state index contributed by atoms with van der Waals surface area (Å²) in [7, 11) is 0. The van der Waals surface area contributed by atoms with Crippen molar-refractivity contribution in [3.63, 3.8) is 0 Å². The second kappa shape index (κ2) is 6.53. The molecule has 0 aliphatic carbocycles. The Bertz CT molecular complexity index is 274. The van der Waals surface area contributed by atoms with Crippen molar-refractivity contribution in [2.75, 3.05) is 26.2 Å². The lowest BCUT2D eigenvalue weighted by atomic mass is 10.0. The van der Waals surface area contributed by atoms with Crippen molar-refractivity contribution in [2.24, 2.45) is 5.92 Å². The van der Waals surface area contributed by atoms with Crippen molar-refractivity contribution in [3.05, 3.63) is 0 Å². The Kier molecular flexibility index (Phi) is 5.01. The monoisotopic (exact) mass is 253 g/mol. The number of amides is 1. The van der Waals surface area contributed by atoms with E-state index in [1.54, 1.807) is 0 Å². The third-order valence-corrected chi connectivity index (χ3v) is 4.29. The molecule has 2 aliphatic rings. The minimum absolute atomic E-state index is 0.0404. The predicted molar refractivity (Wildman–Crippen MR) is 73.5 cm³/mol. The first kappa shape index (κ1) is 13.8. The number of rotatable bonds is 4. The van der Waals surface area contributed by atoms with E-state index in [1.807, 2.05) is 0 Å². The molecular weight excluding hydrogens is 226 g/mol. The van der Waals surface area contributed by atoms with E-state index in [-0.39, 0.29) is 11.9 Å². The Morgan fingerprint density at radius 3 is 2.61 bits per heavy atom. The largest absolute Gasteiger partial charge is 0.352 e. The topological polar surface area (TPSA) is 44.4 Å². The van der Waals surface area contributed by atoms with Crippen LogP contribution in [-0.4, -0.2) is 49.1 Å². The lowest BCUT2D eigenvalue weighted by Crippen LogP contribution is -2.50. The fourth-order valence-electron chi connectivity index (χ4n) is 3.09. The van der Waals surface area contributed by atoms with Crippen LogP contribution in [0.25, 0.3) is 0 Å². The van der Waals surface area contributed by atoms with Gasteiger partial charge in [0.15, 0.2) is 0 Å². The minimum atomic E-state index is 0.0404. The molecule has 2 fully saturated rings. The number of carbonyl (C=O) groups excluding carboxylic acids is 1. The molecule has 2 N–H and O–H groups in total. The van der Waals surface area contributed by atoms with Crippen LogP contribution in [-0.2, 0) is 4.79 Å². The van der Waals surface area contributed by atoms with E-state index in [2.05, 4.69) is 29.4 Å². The molecule has 104 valence electrons. The minimum Gasteiger partial charge on any atom is -0.352 e. The first-order valence-corrected chi connectivity index (χ1v) is 7.46. The van der Waals surface area contributed by atoms with Crippen LogP contribution in [0, 0.1) is 5.92 Å². The molecule has 0 aromatic rings. The summed E-state index contributed by atoms with van der Waals surface area (Å²) in [6.07, 6.45) is 4.55. The smallest absolute Gasteiger partial charge is 0.237 e. The molecule has 2 heterocycles. The van der Waals surface area contributed by atoms with Gasteiger partial charge in [0.05, 0.1) is 6.04 Å².